The monoisotopic (exact) mass is 366 g/mol. The molecule has 1 aromatic heterocycles. The van der Waals surface area contributed by atoms with Gasteiger partial charge in [0.1, 0.15) is 4.99 Å². The lowest BCUT2D eigenvalue weighted by molar-refractivity contribution is -0.119. The van der Waals surface area contributed by atoms with Gasteiger partial charge in [0.15, 0.2) is 11.0 Å². The largest absolute Gasteiger partial charge is 0.314 e. The van der Waals surface area contributed by atoms with Gasteiger partial charge in [-0.2, -0.15) is 12.7 Å². The van der Waals surface area contributed by atoms with Crippen molar-refractivity contribution in [3.8, 4) is 0 Å². The molecule has 0 radical (unpaired) electrons. The summed E-state index contributed by atoms with van der Waals surface area (Å²) in [5, 5.41) is 2.51. The van der Waals surface area contributed by atoms with E-state index in [4.69, 9.17) is 23.8 Å². The van der Waals surface area contributed by atoms with Crippen molar-refractivity contribution in [2.24, 2.45) is 0 Å². The van der Waals surface area contributed by atoms with Crippen LogP contribution in [0.25, 0.3) is 0 Å². The second-order valence-electron chi connectivity index (χ2n) is 4.71. The van der Waals surface area contributed by atoms with Crippen LogP contribution in [0.2, 0.25) is 5.15 Å². The number of rotatable bonds is 6. The number of hydrogen-bond donors (Lipinski definition) is 1. The van der Waals surface area contributed by atoms with E-state index in [1.54, 1.807) is 6.92 Å². The van der Waals surface area contributed by atoms with E-state index in [1.165, 1.54) is 14.1 Å². The standard InChI is InChI=1S/C12H19ClN4O3S2/c1-5-7-8-10(13)15-11(12(21)14-9(18)6-2)17(8)22(19,20)16(3)4/h5-7H2,1-4H3,(H,14,18,21). The van der Waals surface area contributed by atoms with Crippen molar-refractivity contribution in [3.63, 3.8) is 0 Å². The van der Waals surface area contributed by atoms with E-state index in [2.05, 4.69) is 10.3 Å². The second kappa shape index (κ2) is 7.49. The van der Waals surface area contributed by atoms with Crippen LogP contribution in [-0.4, -0.2) is 46.7 Å². The zero-order chi connectivity index (χ0) is 17.1. The van der Waals surface area contributed by atoms with Gasteiger partial charge < -0.3 is 5.32 Å². The fourth-order valence-corrected chi connectivity index (χ4v) is 3.43. The first kappa shape index (κ1) is 19.0. The highest BCUT2D eigenvalue weighted by molar-refractivity contribution is 7.87. The van der Waals surface area contributed by atoms with E-state index in [1.807, 2.05) is 6.92 Å². The quantitative estimate of drug-likeness (QED) is 0.768. The van der Waals surface area contributed by atoms with Gasteiger partial charge >= 0.3 is 10.2 Å². The fraction of sp³-hybridized carbons (Fsp3) is 0.583. The molecule has 1 rings (SSSR count). The molecule has 0 saturated heterocycles. The Kier molecular flexibility index (Phi) is 6.48. The number of halogens is 1. The zero-order valence-corrected chi connectivity index (χ0v) is 15.3. The number of nitrogens with zero attached hydrogens (tertiary/aromatic N) is 3. The minimum atomic E-state index is -3.86. The van der Waals surface area contributed by atoms with Gasteiger partial charge in [-0.25, -0.2) is 8.96 Å². The predicted octanol–water partition coefficient (Wildman–Crippen LogP) is 1.35. The minimum absolute atomic E-state index is 0.0565. The lowest BCUT2D eigenvalue weighted by atomic mass is 10.3. The molecule has 124 valence electrons. The van der Waals surface area contributed by atoms with Crippen molar-refractivity contribution in [2.75, 3.05) is 14.1 Å². The number of carbonyl (C=O) groups is 1. The highest BCUT2D eigenvalue weighted by Gasteiger charge is 2.29. The molecule has 7 nitrogen and oxygen atoms in total. The van der Waals surface area contributed by atoms with Crippen LogP contribution < -0.4 is 5.32 Å². The Hall–Kier alpha value is -1.03. The number of aromatic nitrogens is 2. The van der Waals surface area contributed by atoms with Crippen molar-refractivity contribution < 1.29 is 13.2 Å². The van der Waals surface area contributed by atoms with E-state index in [9.17, 15) is 13.2 Å². The molecule has 1 aromatic rings. The Labute approximate surface area is 140 Å². The average molecular weight is 367 g/mol. The van der Waals surface area contributed by atoms with Gasteiger partial charge in [-0.1, -0.05) is 44.1 Å². The molecule has 0 spiro atoms. The lowest BCUT2D eigenvalue weighted by Crippen LogP contribution is -2.36. The second-order valence-corrected chi connectivity index (χ2v) is 7.47. The zero-order valence-electron chi connectivity index (χ0n) is 12.9. The minimum Gasteiger partial charge on any atom is -0.314 e. The van der Waals surface area contributed by atoms with E-state index in [0.29, 0.717) is 18.5 Å². The van der Waals surface area contributed by atoms with Gasteiger partial charge in [-0.15, -0.1) is 0 Å². The van der Waals surface area contributed by atoms with Crippen LogP contribution in [0.15, 0.2) is 0 Å². The smallest absolute Gasteiger partial charge is 0.309 e. The van der Waals surface area contributed by atoms with Crippen LogP contribution in [0.3, 0.4) is 0 Å². The molecule has 0 aliphatic carbocycles. The summed E-state index contributed by atoms with van der Waals surface area (Å²) in [4.78, 5) is 15.4. The first-order valence-corrected chi connectivity index (χ1v) is 8.89. The molecular weight excluding hydrogens is 348 g/mol. The number of thiocarbonyl (C=S) groups is 1. The molecule has 1 N–H and O–H groups in total. The van der Waals surface area contributed by atoms with Crippen LogP contribution in [0.4, 0.5) is 0 Å². The van der Waals surface area contributed by atoms with E-state index in [0.717, 1.165) is 8.28 Å². The maximum atomic E-state index is 12.5. The van der Waals surface area contributed by atoms with E-state index in [-0.39, 0.29) is 28.3 Å². The van der Waals surface area contributed by atoms with Crippen molar-refractivity contribution in [2.45, 2.75) is 33.1 Å². The van der Waals surface area contributed by atoms with Crippen LogP contribution >= 0.6 is 23.8 Å². The maximum absolute atomic E-state index is 12.5. The van der Waals surface area contributed by atoms with Crippen molar-refractivity contribution in [3.05, 3.63) is 16.7 Å². The summed E-state index contributed by atoms with van der Waals surface area (Å²) in [7, 11) is -1.06. The molecule has 0 aromatic carbocycles. The van der Waals surface area contributed by atoms with Crippen LogP contribution in [0, 0.1) is 0 Å². The summed E-state index contributed by atoms with van der Waals surface area (Å²) in [6.07, 6.45) is 1.32. The third-order valence-corrected chi connectivity index (χ3v) is 5.20. The van der Waals surface area contributed by atoms with Gasteiger partial charge in [0, 0.05) is 20.5 Å². The third-order valence-electron chi connectivity index (χ3n) is 2.84. The summed E-state index contributed by atoms with van der Waals surface area (Å²) in [5.41, 5.74) is 0.348. The van der Waals surface area contributed by atoms with Gasteiger partial charge in [0.05, 0.1) is 5.69 Å². The van der Waals surface area contributed by atoms with E-state index >= 15 is 0 Å². The molecule has 0 atom stereocenters. The fourth-order valence-electron chi connectivity index (χ4n) is 1.68. The first-order chi connectivity index (χ1) is 10.2. The normalized spacial score (nSPS) is 11.7. The summed E-state index contributed by atoms with van der Waals surface area (Å²) in [6.45, 7) is 3.56. The number of amides is 1. The van der Waals surface area contributed by atoms with Crippen molar-refractivity contribution >= 4 is 44.9 Å². The average Bonchev–Trinajstić information content (AvgIpc) is 2.77. The predicted molar refractivity (Wildman–Crippen MR) is 89.4 cm³/mol. The molecule has 0 aliphatic rings. The molecule has 0 saturated carbocycles. The molecule has 1 amide bonds. The Morgan fingerprint density at radius 2 is 2.00 bits per heavy atom. The molecule has 0 fully saturated rings. The maximum Gasteiger partial charge on any atom is 0.309 e. The molecular formula is C12H19ClN4O3S2. The highest BCUT2D eigenvalue weighted by Crippen LogP contribution is 2.22. The van der Waals surface area contributed by atoms with Crippen molar-refractivity contribution in [1.29, 1.82) is 0 Å². The Balaban J connectivity index is 3.50. The molecule has 0 bridgehead atoms. The summed E-state index contributed by atoms with van der Waals surface area (Å²) < 4.78 is 27.1. The Bertz CT molecular complexity index is 683. The van der Waals surface area contributed by atoms with E-state index < -0.39 is 10.2 Å². The van der Waals surface area contributed by atoms with Crippen molar-refractivity contribution in [1.82, 2.24) is 18.6 Å². The number of nitrogens with one attached hydrogen (secondary N) is 1. The summed E-state index contributed by atoms with van der Waals surface area (Å²) in [5.74, 6) is -0.381. The number of carbonyl (C=O) groups excluding carboxylic acids is 1. The topological polar surface area (TPSA) is 84.3 Å². The summed E-state index contributed by atoms with van der Waals surface area (Å²) >= 11 is 11.2. The van der Waals surface area contributed by atoms with Gasteiger partial charge in [0.25, 0.3) is 0 Å². The highest BCUT2D eigenvalue weighted by atomic mass is 35.5. The van der Waals surface area contributed by atoms with Crippen LogP contribution in [0.1, 0.15) is 38.2 Å². The Morgan fingerprint density at radius 1 is 1.41 bits per heavy atom. The summed E-state index contributed by atoms with van der Waals surface area (Å²) in [6, 6.07) is 0. The van der Waals surface area contributed by atoms with Gasteiger partial charge in [0.2, 0.25) is 5.91 Å². The molecule has 0 unspecified atom stereocenters. The first-order valence-electron chi connectivity index (χ1n) is 6.71. The van der Waals surface area contributed by atoms with Crippen LogP contribution in [-0.2, 0) is 21.4 Å². The molecule has 22 heavy (non-hydrogen) atoms. The molecule has 1 heterocycles. The molecule has 0 aliphatic heterocycles. The Morgan fingerprint density at radius 3 is 2.45 bits per heavy atom. The number of hydrogen-bond acceptors (Lipinski definition) is 5. The van der Waals surface area contributed by atoms with Gasteiger partial charge in [-0.05, 0) is 6.42 Å². The SMILES string of the molecule is CCCc1c(Cl)nc(C(=S)NC(=O)CC)n1S(=O)(=O)N(C)C. The molecule has 10 heteroatoms. The van der Waals surface area contributed by atoms with Gasteiger partial charge in [-0.3, -0.25) is 4.79 Å². The lowest BCUT2D eigenvalue weighted by Gasteiger charge is -2.17. The van der Waals surface area contributed by atoms with Crippen LogP contribution in [0.5, 0.6) is 0 Å². The number of imidazole rings is 1. The third kappa shape index (κ3) is 3.83.